The van der Waals surface area contributed by atoms with Crippen molar-refractivity contribution in [2.45, 2.75) is 13.3 Å². The van der Waals surface area contributed by atoms with Crippen molar-refractivity contribution in [1.82, 2.24) is 0 Å². The molecule has 0 amide bonds. The van der Waals surface area contributed by atoms with Crippen molar-refractivity contribution in [2.24, 2.45) is 16.7 Å². The van der Waals surface area contributed by atoms with E-state index >= 15 is 0 Å². The first kappa shape index (κ1) is 11.3. The zero-order valence-corrected chi connectivity index (χ0v) is 9.30. The lowest BCUT2D eigenvalue weighted by molar-refractivity contribution is -0.140. The summed E-state index contributed by atoms with van der Waals surface area (Å²) in [6, 6.07) is 3.87. The molecule has 3 atom stereocenters. The molecule has 0 aliphatic heterocycles. The Balaban J connectivity index is 2.82. The molecule has 2 rings (SSSR count). The Kier molecular flexibility index (Phi) is 2.26. The van der Waals surface area contributed by atoms with Crippen LogP contribution in [0.25, 0.3) is 0 Å². The van der Waals surface area contributed by atoms with Crippen molar-refractivity contribution < 1.29 is 9.59 Å². The molecule has 0 spiro atoms. The summed E-state index contributed by atoms with van der Waals surface area (Å²) < 4.78 is 0. The summed E-state index contributed by atoms with van der Waals surface area (Å²) in [6.45, 7) is 1.69. The number of carbonyl (C=O) groups excluding carboxylic acids is 2. The highest BCUT2D eigenvalue weighted by Gasteiger charge is 2.65. The fourth-order valence-corrected chi connectivity index (χ4v) is 2.74. The van der Waals surface area contributed by atoms with Crippen LogP contribution in [0, 0.1) is 39.4 Å². The fraction of sp³-hybridized carbons (Fsp3) is 0.385. The van der Waals surface area contributed by atoms with Crippen LogP contribution in [-0.2, 0) is 9.59 Å². The zero-order valence-electron chi connectivity index (χ0n) is 9.30. The number of fused-ring (bicyclic) bond motifs is 1. The minimum atomic E-state index is -1.57. The number of rotatable bonds is 0. The Labute approximate surface area is 98.8 Å². The third-order valence-corrected chi connectivity index (χ3v) is 3.77. The minimum absolute atomic E-state index is 0.121. The monoisotopic (exact) mass is 226 g/mol. The van der Waals surface area contributed by atoms with Gasteiger partial charge >= 0.3 is 0 Å². The highest BCUT2D eigenvalue weighted by Crippen LogP contribution is 2.54. The summed E-state index contributed by atoms with van der Waals surface area (Å²) in [5.74, 6) is -1.34. The lowest BCUT2D eigenvalue weighted by Gasteiger charge is -2.44. The van der Waals surface area contributed by atoms with Crippen molar-refractivity contribution in [3.05, 3.63) is 24.3 Å². The molecule has 4 heteroatoms. The third-order valence-electron chi connectivity index (χ3n) is 3.77. The van der Waals surface area contributed by atoms with Crippen LogP contribution < -0.4 is 0 Å². The number of nitrogens with zero attached hydrogens (tertiary/aromatic N) is 2. The van der Waals surface area contributed by atoms with Gasteiger partial charge in [0.2, 0.25) is 0 Å². The third kappa shape index (κ3) is 1.05. The maximum atomic E-state index is 12.1. The SMILES string of the molecule is CC1C=CC[C@@]2(C#N)C(=O)C=CC(=O)[C@@]12C#N. The number of ketones is 2. The van der Waals surface area contributed by atoms with E-state index in [-0.39, 0.29) is 6.42 Å². The van der Waals surface area contributed by atoms with Crippen molar-refractivity contribution in [1.29, 1.82) is 10.5 Å². The van der Waals surface area contributed by atoms with Gasteiger partial charge in [-0.05, 0) is 18.6 Å². The smallest absolute Gasteiger partial charge is 0.178 e. The van der Waals surface area contributed by atoms with E-state index in [2.05, 4.69) is 0 Å². The van der Waals surface area contributed by atoms with Crippen LogP contribution in [-0.4, -0.2) is 11.6 Å². The van der Waals surface area contributed by atoms with Gasteiger partial charge in [-0.25, -0.2) is 0 Å². The maximum Gasteiger partial charge on any atom is 0.178 e. The molecule has 84 valence electrons. The second-order valence-electron chi connectivity index (χ2n) is 4.42. The minimum Gasteiger partial charge on any atom is -0.293 e. The van der Waals surface area contributed by atoms with Gasteiger partial charge in [-0.3, -0.25) is 9.59 Å². The second-order valence-corrected chi connectivity index (χ2v) is 4.42. The standard InChI is InChI=1S/C13H10N2O2/c1-9-3-2-6-12(7-14)10(16)4-5-11(17)13(9,12)8-15/h2-5,9H,6H2,1H3/t9?,12-,13-/m1/s1. The lowest BCUT2D eigenvalue weighted by atomic mass is 9.50. The number of carbonyl (C=O) groups is 2. The van der Waals surface area contributed by atoms with E-state index in [1.807, 2.05) is 12.1 Å². The molecule has 0 N–H and O–H groups in total. The molecular formula is C13H10N2O2. The summed E-state index contributed by atoms with van der Waals surface area (Å²) in [6.07, 6.45) is 5.79. The quantitative estimate of drug-likeness (QED) is 0.583. The average Bonchev–Trinajstić information content (AvgIpc) is 2.34. The van der Waals surface area contributed by atoms with E-state index in [0.717, 1.165) is 12.2 Å². The molecule has 0 aromatic carbocycles. The first-order valence-corrected chi connectivity index (χ1v) is 5.31. The van der Waals surface area contributed by atoms with Gasteiger partial charge in [0.05, 0.1) is 12.1 Å². The summed E-state index contributed by atoms with van der Waals surface area (Å²) in [4.78, 5) is 24.0. The summed E-state index contributed by atoms with van der Waals surface area (Å²) in [5.41, 5.74) is -3.12. The predicted octanol–water partition coefficient (Wildman–Crippen LogP) is 1.31. The molecule has 0 heterocycles. The highest BCUT2D eigenvalue weighted by atomic mass is 16.1. The first-order valence-electron chi connectivity index (χ1n) is 5.31. The number of allylic oxidation sites excluding steroid dienone is 4. The van der Waals surface area contributed by atoms with Gasteiger partial charge in [-0.2, -0.15) is 10.5 Å². The van der Waals surface area contributed by atoms with E-state index in [1.54, 1.807) is 19.1 Å². The number of hydrogen-bond acceptors (Lipinski definition) is 4. The van der Waals surface area contributed by atoms with E-state index < -0.39 is 28.3 Å². The molecule has 0 aromatic heterocycles. The van der Waals surface area contributed by atoms with Crippen molar-refractivity contribution in [3.63, 3.8) is 0 Å². The van der Waals surface area contributed by atoms with Gasteiger partial charge in [0.1, 0.15) is 5.41 Å². The predicted molar refractivity (Wildman–Crippen MR) is 58.2 cm³/mol. The molecule has 2 aliphatic rings. The van der Waals surface area contributed by atoms with Crippen molar-refractivity contribution >= 4 is 11.6 Å². The molecule has 0 saturated carbocycles. The molecule has 2 aliphatic carbocycles. The molecule has 0 fully saturated rings. The van der Waals surface area contributed by atoms with Crippen molar-refractivity contribution in [3.8, 4) is 12.1 Å². The van der Waals surface area contributed by atoms with Gasteiger partial charge in [0, 0.05) is 5.92 Å². The first-order chi connectivity index (χ1) is 8.05. The van der Waals surface area contributed by atoms with Crippen LogP contribution in [0.2, 0.25) is 0 Å². The molecular weight excluding hydrogens is 216 g/mol. The summed E-state index contributed by atoms with van der Waals surface area (Å²) in [5, 5.41) is 18.7. The van der Waals surface area contributed by atoms with Crippen LogP contribution in [0.1, 0.15) is 13.3 Å². The summed E-state index contributed by atoms with van der Waals surface area (Å²) >= 11 is 0. The van der Waals surface area contributed by atoms with Gasteiger partial charge in [-0.1, -0.05) is 19.1 Å². The molecule has 1 unspecified atom stereocenters. The Morgan fingerprint density at radius 3 is 2.41 bits per heavy atom. The number of hydrogen-bond donors (Lipinski definition) is 0. The Morgan fingerprint density at radius 2 is 1.88 bits per heavy atom. The van der Waals surface area contributed by atoms with Crippen LogP contribution >= 0.6 is 0 Å². The maximum absolute atomic E-state index is 12.1. The molecule has 0 saturated heterocycles. The Bertz CT molecular complexity index is 547. The Morgan fingerprint density at radius 1 is 1.24 bits per heavy atom. The summed E-state index contributed by atoms with van der Waals surface area (Å²) in [7, 11) is 0. The fourth-order valence-electron chi connectivity index (χ4n) is 2.74. The molecule has 0 bridgehead atoms. The van der Waals surface area contributed by atoms with E-state index in [4.69, 9.17) is 0 Å². The van der Waals surface area contributed by atoms with Crippen LogP contribution in [0.4, 0.5) is 0 Å². The normalized spacial score (nSPS) is 39.4. The molecule has 0 radical (unpaired) electrons. The topological polar surface area (TPSA) is 81.7 Å². The zero-order chi connectivity index (χ0) is 12.7. The highest BCUT2D eigenvalue weighted by molar-refractivity contribution is 6.14. The van der Waals surface area contributed by atoms with Crippen molar-refractivity contribution in [2.75, 3.05) is 0 Å². The average molecular weight is 226 g/mol. The molecule has 0 aromatic rings. The molecule has 4 nitrogen and oxygen atoms in total. The van der Waals surface area contributed by atoms with Gasteiger partial charge in [-0.15, -0.1) is 0 Å². The van der Waals surface area contributed by atoms with E-state index in [9.17, 15) is 20.1 Å². The van der Waals surface area contributed by atoms with E-state index in [1.165, 1.54) is 0 Å². The van der Waals surface area contributed by atoms with Crippen LogP contribution in [0.15, 0.2) is 24.3 Å². The van der Waals surface area contributed by atoms with E-state index in [0.29, 0.717) is 0 Å². The van der Waals surface area contributed by atoms with Crippen LogP contribution in [0.3, 0.4) is 0 Å². The molecule has 17 heavy (non-hydrogen) atoms. The number of nitriles is 2. The Hall–Kier alpha value is -2.20. The second kappa shape index (κ2) is 3.40. The lowest BCUT2D eigenvalue weighted by Crippen LogP contribution is -2.56. The van der Waals surface area contributed by atoms with Crippen LogP contribution in [0.5, 0.6) is 0 Å². The van der Waals surface area contributed by atoms with Gasteiger partial charge < -0.3 is 0 Å². The van der Waals surface area contributed by atoms with Gasteiger partial charge in [0.25, 0.3) is 0 Å². The van der Waals surface area contributed by atoms with Gasteiger partial charge in [0.15, 0.2) is 17.0 Å². The largest absolute Gasteiger partial charge is 0.293 e.